The van der Waals surface area contributed by atoms with E-state index in [4.69, 9.17) is 11.6 Å². The highest BCUT2D eigenvalue weighted by molar-refractivity contribution is 7.07. The van der Waals surface area contributed by atoms with E-state index in [-0.39, 0.29) is 5.91 Å². The summed E-state index contributed by atoms with van der Waals surface area (Å²) in [5.74, 6) is 0.0200. The van der Waals surface area contributed by atoms with Gasteiger partial charge in [0, 0.05) is 43.4 Å². The molecular weight excluding hydrogens is 342 g/mol. The van der Waals surface area contributed by atoms with Crippen LogP contribution in [-0.2, 0) is 11.3 Å². The topological polar surface area (TPSA) is 35.6 Å². The van der Waals surface area contributed by atoms with Crippen LogP contribution in [0.15, 0.2) is 35.0 Å². The number of carbonyl (C=O) groups excluding carboxylic acids is 1. The number of halogens is 1. The third-order valence-electron chi connectivity index (χ3n) is 4.29. The van der Waals surface area contributed by atoms with Gasteiger partial charge in [0.05, 0.1) is 6.54 Å². The SMILES string of the molecule is Cc1ccc(Cl)cc1NC(=O)CN1CCN(Cc2ccsc2)CC1. The summed E-state index contributed by atoms with van der Waals surface area (Å²) >= 11 is 7.74. The van der Waals surface area contributed by atoms with Crippen LogP contribution in [0, 0.1) is 6.92 Å². The molecule has 1 aliphatic rings. The molecule has 0 spiro atoms. The van der Waals surface area contributed by atoms with E-state index in [0.717, 1.165) is 44.0 Å². The van der Waals surface area contributed by atoms with Gasteiger partial charge in [-0.15, -0.1) is 0 Å². The van der Waals surface area contributed by atoms with E-state index in [1.54, 1.807) is 17.4 Å². The van der Waals surface area contributed by atoms with E-state index in [1.807, 2.05) is 19.1 Å². The molecule has 0 unspecified atom stereocenters. The van der Waals surface area contributed by atoms with Crippen LogP contribution in [0.3, 0.4) is 0 Å². The Morgan fingerprint density at radius 3 is 2.67 bits per heavy atom. The predicted octanol–water partition coefficient (Wildman–Crippen LogP) is 3.47. The standard InChI is InChI=1S/C18H22ClN3OS/c1-14-2-3-16(19)10-17(14)20-18(23)12-22-7-5-21(6-8-22)11-15-4-9-24-13-15/h2-4,9-10,13H,5-8,11-12H2,1H3,(H,20,23). The number of piperazine rings is 1. The Hall–Kier alpha value is -1.40. The molecular formula is C18H22ClN3OS. The van der Waals surface area contributed by atoms with Gasteiger partial charge >= 0.3 is 0 Å². The van der Waals surface area contributed by atoms with E-state index in [0.29, 0.717) is 11.6 Å². The van der Waals surface area contributed by atoms with Crippen LogP contribution in [0.2, 0.25) is 5.02 Å². The van der Waals surface area contributed by atoms with Crippen molar-refractivity contribution in [1.82, 2.24) is 9.80 Å². The highest BCUT2D eigenvalue weighted by atomic mass is 35.5. The fourth-order valence-electron chi connectivity index (χ4n) is 2.87. The molecule has 0 saturated carbocycles. The van der Waals surface area contributed by atoms with Crippen molar-refractivity contribution in [1.29, 1.82) is 0 Å². The summed E-state index contributed by atoms with van der Waals surface area (Å²) in [4.78, 5) is 16.9. The molecule has 1 aromatic heterocycles. The lowest BCUT2D eigenvalue weighted by Gasteiger charge is -2.34. The molecule has 1 N–H and O–H groups in total. The molecule has 1 fully saturated rings. The number of hydrogen-bond acceptors (Lipinski definition) is 4. The summed E-state index contributed by atoms with van der Waals surface area (Å²) in [6, 6.07) is 7.73. The number of nitrogens with one attached hydrogen (secondary N) is 1. The smallest absolute Gasteiger partial charge is 0.238 e. The van der Waals surface area contributed by atoms with Crippen LogP contribution >= 0.6 is 22.9 Å². The first-order valence-electron chi connectivity index (χ1n) is 8.12. The zero-order valence-corrected chi connectivity index (χ0v) is 15.4. The van der Waals surface area contributed by atoms with Gasteiger partial charge in [-0.05, 0) is 47.0 Å². The minimum atomic E-state index is 0.0200. The maximum atomic E-state index is 12.3. The molecule has 4 nitrogen and oxygen atoms in total. The van der Waals surface area contributed by atoms with Crippen molar-refractivity contribution >= 4 is 34.5 Å². The van der Waals surface area contributed by atoms with Gasteiger partial charge in [-0.2, -0.15) is 11.3 Å². The number of aryl methyl sites for hydroxylation is 1. The fourth-order valence-corrected chi connectivity index (χ4v) is 3.70. The lowest BCUT2D eigenvalue weighted by atomic mass is 10.2. The Kier molecular flexibility index (Phi) is 5.89. The molecule has 0 atom stereocenters. The third-order valence-corrected chi connectivity index (χ3v) is 5.26. The first-order valence-corrected chi connectivity index (χ1v) is 9.44. The van der Waals surface area contributed by atoms with Gasteiger partial charge in [-0.1, -0.05) is 17.7 Å². The van der Waals surface area contributed by atoms with Crippen LogP contribution in [0.1, 0.15) is 11.1 Å². The summed E-state index contributed by atoms with van der Waals surface area (Å²) in [5.41, 5.74) is 3.19. The second kappa shape index (κ2) is 8.12. The number of anilines is 1. The molecule has 2 heterocycles. The zero-order valence-electron chi connectivity index (χ0n) is 13.8. The summed E-state index contributed by atoms with van der Waals surface area (Å²) in [5, 5.41) is 7.93. The summed E-state index contributed by atoms with van der Waals surface area (Å²) in [6.07, 6.45) is 0. The molecule has 128 valence electrons. The van der Waals surface area contributed by atoms with Crippen LogP contribution in [0.25, 0.3) is 0 Å². The zero-order chi connectivity index (χ0) is 16.9. The molecule has 1 amide bonds. The maximum Gasteiger partial charge on any atom is 0.238 e. The first-order chi connectivity index (χ1) is 11.6. The number of rotatable bonds is 5. The molecule has 3 rings (SSSR count). The summed E-state index contributed by atoms with van der Waals surface area (Å²) in [6.45, 7) is 7.25. The van der Waals surface area contributed by atoms with Crippen molar-refractivity contribution < 1.29 is 4.79 Å². The molecule has 1 aromatic carbocycles. The van der Waals surface area contributed by atoms with E-state index in [2.05, 4.69) is 31.9 Å². The second-order valence-corrected chi connectivity index (χ2v) is 7.41. The number of nitrogens with zero attached hydrogens (tertiary/aromatic N) is 2. The van der Waals surface area contributed by atoms with Crippen molar-refractivity contribution in [3.8, 4) is 0 Å². The summed E-state index contributed by atoms with van der Waals surface area (Å²) < 4.78 is 0. The highest BCUT2D eigenvalue weighted by Gasteiger charge is 2.19. The first kappa shape index (κ1) is 17.4. The molecule has 0 aliphatic carbocycles. The van der Waals surface area contributed by atoms with Gasteiger partial charge in [-0.3, -0.25) is 14.6 Å². The highest BCUT2D eigenvalue weighted by Crippen LogP contribution is 2.20. The second-order valence-electron chi connectivity index (χ2n) is 6.19. The van der Waals surface area contributed by atoms with Gasteiger partial charge in [0.1, 0.15) is 0 Å². The van der Waals surface area contributed by atoms with E-state index in [1.165, 1.54) is 5.56 Å². The molecule has 6 heteroatoms. The Bertz CT molecular complexity index is 682. The van der Waals surface area contributed by atoms with Crippen molar-refractivity contribution in [3.63, 3.8) is 0 Å². The lowest BCUT2D eigenvalue weighted by Crippen LogP contribution is -2.48. The van der Waals surface area contributed by atoms with E-state index >= 15 is 0 Å². The van der Waals surface area contributed by atoms with Crippen molar-refractivity contribution in [2.75, 3.05) is 38.0 Å². The maximum absolute atomic E-state index is 12.3. The van der Waals surface area contributed by atoms with Crippen LogP contribution in [0.4, 0.5) is 5.69 Å². The largest absolute Gasteiger partial charge is 0.325 e. The molecule has 24 heavy (non-hydrogen) atoms. The molecule has 1 saturated heterocycles. The van der Waals surface area contributed by atoms with Crippen LogP contribution in [0.5, 0.6) is 0 Å². The number of amides is 1. The number of benzene rings is 1. The van der Waals surface area contributed by atoms with Crippen molar-refractivity contribution in [2.45, 2.75) is 13.5 Å². The minimum absolute atomic E-state index is 0.0200. The quantitative estimate of drug-likeness (QED) is 0.883. The summed E-state index contributed by atoms with van der Waals surface area (Å²) in [7, 11) is 0. The van der Waals surface area contributed by atoms with Crippen LogP contribution in [-0.4, -0.2) is 48.4 Å². The number of thiophene rings is 1. The fraction of sp³-hybridized carbons (Fsp3) is 0.389. The molecule has 0 radical (unpaired) electrons. The molecule has 2 aromatic rings. The lowest BCUT2D eigenvalue weighted by molar-refractivity contribution is -0.117. The Labute approximate surface area is 152 Å². The van der Waals surface area contributed by atoms with Gasteiger partial charge in [0.15, 0.2) is 0 Å². The molecule has 1 aliphatic heterocycles. The van der Waals surface area contributed by atoms with E-state index < -0.39 is 0 Å². The average Bonchev–Trinajstić information content (AvgIpc) is 3.06. The monoisotopic (exact) mass is 363 g/mol. The Morgan fingerprint density at radius 1 is 1.21 bits per heavy atom. The van der Waals surface area contributed by atoms with Gasteiger partial charge in [0.2, 0.25) is 5.91 Å². The van der Waals surface area contributed by atoms with Crippen LogP contribution < -0.4 is 5.32 Å². The van der Waals surface area contributed by atoms with Crippen molar-refractivity contribution in [3.05, 3.63) is 51.2 Å². The normalized spacial score (nSPS) is 16.2. The Balaban J connectivity index is 1.45. The average molecular weight is 364 g/mol. The third kappa shape index (κ3) is 4.80. The van der Waals surface area contributed by atoms with E-state index in [9.17, 15) is 4.79 Å². The number of carbonyl (C=O) groups is 1. The number of hydrogen-bond donors (Lipinski definition) is 1. The minimum Gasteiger partial charge on any atom is -0.325 e. The van der Waals surface area contributed by atoms with Gasteiger partial charge in [-0.25, -0.2) is 0 Å². The van der Waals surface area contributed by atoms with Gasteiger partial charge in [0.25, 0.3) is 0 Å². The Morgan fingerprint density at radius 2 is 1.96 bits per heavy atom. The van der Waals surface area contributed by atoms with Crippen molar-refractivity contribution in [2.24, 2.45) is 0 Å². The molecule has 0 bridgehead atoms. The van der Waals surface area contributed by atoms with Gasteiger partial charge < -0.3 is 5.32 Å². The predicted molar refractivity (Wildman–Crippen MR) is 101 cm³/mol.